The molecule has 21 heavy (non-hydrogen) atoms. The van der Waals surface area contributed by atoms with Crippen LogP contribution in [0.1, 0.15) is 37.8 Å². The summed E-state index contributed by atoms with van der Waals surface area (Å²) < 4.78 is 0. The molecule has 4 rings (SSSR count). The fourth-order valence-corrected chi connectivity index (χ4v) is 5.00. The number of rotatable bonds is 2. The second kappa shape index (κ2) is 3.82. The van der Waals surface area contributed by atoms with Crippen LogP contribution in [0.4, 0.5) is 0 Å². The molecule has 1 aromatic heterocycles. The molecular formula is C18H21B2N. The van der Waals surface area contributed by atoms with Gasteiger partial charge in [0, 0.05) is 11.8 Å². The van der Waals surface area contributed by atoms with E-state index < -0.39 is 0 Å². The maximum atomic E-state index is 4.77. The molecule has 0 saturated heterocycles. The Kier molecular flexibility index (Phi) is 2.40. The van der Waals surface area contributed by atoms with E-state index in [1.165, 1.54) is 35.2 Å². The Hall–Kier alpha value is -1.50. The Morgan fingerprint density at radius 2 is 1.86 bits per heavy atom. The third-order valence-corrected chi connectivity index (χ3v) is 6.87. The number of nitrogens with zero attached hydrogens (tertiary/aromatic N) is 1. The van der Waals surface area contributed by atoms with E-state index in [1.807, 2.05) is 6.20 Å². The van der Waals surface area contributed by atoms with Crippen molar-refractivity contribution in [2.45, 2.75) is 37.3 Å². The average molecular weight is 273 g/mol. The normalized spacial score (nSPS) is 36.1. The van der Waals surface area contributed by atoms with Gasteiger partial charge in [-0.25, -0.2) is 0 Å². The standard InChI is InChI=1S/C18H21B2N/c1-3-17(19)13-9-10-21-15(12-7-5-4-6-8-12)14(13)18(20)11-16(17,18)2/h4-10H,3,11,19-20H2,1-2H3. The number of hydrogen-bond donors (Lipinski definition) is 0. The molecule has 2 aliphatic carbocycles. The highest BCUT2D eigenvalue weighted by Gasteiger charge is 2.74. The van der Waals surface area contributed by atoms with E-state index in [0.717, 1.165) is 0 Å². The molecule has 0 N–H and O–H groups in total. The molecule has 0 radical (unpaired) electrons. The highest BCUT2D eigenvalue weighted by molar-refractivity contribution is 6.26. The average Bonchev–Trinajstić information content (AvgIpc) is 3.06. The van der Waals surface area contributed by atoms with Gasteiger partial charge in [0.1, 0.15) is 15.7 Å². The lowest BCUT2D eigenvalue weighted by molar-refractivity contribution is 0.375. The van der Waals surface area contributed by atoms with E-state index in [9.17, 15) is 0 Å². The molecule has 2 aromatic rings. The molecule has 1 aromatic carbocycles. The molecule has 1 nitrogen and oxygen atoms in total. The zero-order valence-electron chi connectivity index (χ0n) is 13.4. The second-order valence-electron chi connectivity index (χ2n) is 7.47. The topological polar surface area (TPSA) is 12.9 Å². The molecule has 0 aliphatic heterocycles. The second-order valence-corrected chi connectivity index (χ2v) is 7.47. The maximum absolute atomic E-state index is 4.77. The van der Waals surface area contributed by atoms with Crippen LogP contribution in [0.5, 0.6) is 0 Å². The first kappa shape index (κ1) is 13.2. The van der Waals surface area contributed by atoms with Crippen LogP contribution < -0.4 is 0 Å². The van der Waals surface area contributed by atoms with Crippen molar-refractivity contribution in [2.75, 3.05) is 0 Å². The van der Waals surface area contributed by atoms with Gasteiger partial charge in [-0.1, -0.05) is 50.6 Å². The van der Waals surface area contributed by atoms with Crippen molar-refractivity contribution in [2.24, 2.45) is 5.41 Å². The molecule has 0 bridgehead atoms. The largest absolute Gasteiger partial charge is 0.256 e. The van der Waals surface area contributed by atoms with Gasteiger partial charge in [0.05, 0.1) is 5.69 Å². The lowest BCUT2D eigenvalue weighted by Gasteiger charge is -2.33. The quantitative estimate of drug-likeness (QED) is 0.765. The summed E-state index contributed by atoms with van der Waals surface area (Å²) in [5.41, 5.74) is 5.91. The fraction of sp³-hybridized carbons (Fsp3) is 0.389. The van der Waals surface area contributed by atoms with Crippen LogP contribution in [0.3, 0.4) is 0 Å². The molecule has 104 valence electrons. The van der Waals surface area contributed by atoms with Crippen LogP contribution in [-0.2, 0) is 10.6 Å². The zero-order chi connectivity index (χ0) is 14.9. The predicted octanol–water partition coefficient (Wildman–Crippen LogP) is 2.24. The van der Waals surface area contributed by atoms with Crippen molar-refractivity contribution >= 4 is 15.7 Å². The van der Waals surface area contributed by atoms with E-state index in [4.69, 9.17) is 4.98 Å². The van der Waals surface area contributed by atoms with Gasteiger partial charge < -0.3 is 0 Å². The van der Waals surface area contributed by atoms with Gasteiger partial charge in [-0.05, 0) is 39.7 Å². The van der Waals surface area contributed by atoms with Crippen LogP contribution in [-0.4, -0.2) is 20.7 Å². The molecule has 3 heteroatoms. The lowest BCUT2D eigenvalue weighted by atomic mass is 9.55. The van der Waals surface area contributed by atoms with Crippen LogP contribution in [0.2, 0.25) is 0 Å². The van der Waals surface area contributed by atoms with Crippen LogP contribution in [0.25, 0.3) is 11.3 Å². The maximum Gasteiger partial charge on any atom is 0.116 e. The van der Waals surface area contributed by atoms with Gasteiger partial charge in [0.15, 0.2) is 0 Å². The summed E-state index contributed by atoms with van der Waals surface area (Å²) in [6, 6.07) is 12.9. The summed E-state index contributed by atoms with van der Waals surface area (Å²) in [6.45, 7) is 4.81. The molecular weight excluding hydrogens is 252 g/mol. The van der Waals surface area contributed by atoms with Crippen LogP contribution >= 0.6 is 0 Å². The van der Waals surface area contributed by atoms with Gasteiger partial charge in [-0.3, -0.25) is 4.98 Å². The first-order chi connectivity index (χ1) is 9.98. The van der Waals surface area contributed by atoms with E-state index in [2.05, 4.69) is 65.9 Å². The molecule has 0 amide bonds. The molecule has 2 aliphatic rings. The lowest BCUT2D eigenvalue weighted by Crippen LogP contribution is -2.34. The van der Waals surface area contributed by atoms with Gasteiger partial charge in [-0.15, -0.1) is 0 Å². The van der Waals surface area contributed by atoms with Gasteiger partial charge in [0.25, 0.3) is 0 Å². The number of hydrogen-bond acceptors (Lipinski definition) is 1. The summed E-state index contributed by atoms with van der Waals surface area (Å²) in [5.74, 6) is 0. The summed E-state index contributed by atoms with van der Waals surface area (Å²) >= 11 is 0. The van der Waals surface area contributed by atoms with Crippen molar-refractivity contribution in [3.05, 3.63) is 53.7 Å². The first-order valence-electron chi connectivity index (χ1n) is 8.03. The molecule has 1 fully saturated rings. The van der Waals surface area contributed by atoms with Crippen molar-refractivity contribution in [3.8, 4) is 11.3 Å². The predicted molar refractivity (Wildman–Crippen MR) is 93.1 cm³/mol. The van der Waals surface area contributed by atoms with Crippen LogP contribution in [0.15, 0.2) is 42.6 Å². The highest BCUT2D eigenvalue weighted by atomic mass is 14.8. The minimum atomic E-state index is 0.281. The molecule has 1 saturated carbocycles. The third kappa shape index (κ3) is 1.33. The first-order valence-corrected chi connectivity index (χ1v) is 8.03. The fourth-order valence-electron chi connectivity index (χ4n) is 5.00. The monoisotopic (exact) mass is 273 g/mol. The van der Waals surface area contributed by atoms with E-state index in [0.29, 0.717) is 10.7 Å². The molecule has 3 unspecified atom stereocenters. The number of benzene rings is 1. The van der Waals surface area contributed by atoms with Crippen molar-refractivity contribution in [3.63, 3.8) is 0 Å². The number of fused-ring (bicyclic) bond motifs is 3. The Bertz CT molecular complexity index is 729. The third-order valence-electron chi connectivity index (χ3n) is 6.87. The smallest absolute Gasteiger partial charge is 0.116 e. The van der Waals surface area contributed by atoms with Crippen LogP contribution in [0, 0.1) is 5.41 Å². The van der Waals surface area contributed by atoms with Gasteiger partial charge in [0.2, 0.25) is 0 Å². The highest BCUT2D eigenvalue weighted by Crippen LogP contribution is 2.77. The molecule has 0 spiro atoms. The number of pyridine rings is 1. The summed E-state index contributed by atoms with van der Waals surface area (Å²) in [6.07, 6.45) is 4.50. The Labute approximate surface area is 129 Å². The summed E-state index contributed by atoms with van der Waals surface area (Å²) in [4.78, 5) is 4.77. The van der Waals surface area contributed by atoms with Crippen molar-refractivity contribution in [1.29, 1.82) is 0 Å². The Balaban J connectivity index is 2.02. The van der Waals surface area contributed by atoms with E-state index >= 15 is 0 Å². The van der Waals surface area contributed by atoms with Gasteiger partial charge in [-0.2, -0.15) is 0 Å². The number of aromatic nitrogens is 1. The zero-order valence-corrected chi connectivity index (χ0v) is 13.4. The Morgan fingerprint density at radius 1 is 1.14 bits per heavy atom. The van der Waals surface area contributed by atoms with Gasteiger partial charge >= 0.3 is 0 Å². The molecule has 1 heterocycles. The summed E-state index contributed by atoms with van der Waals surface area (Å²) in [7, 11) is 4.90. The minimum absolute atomic E-state index is 0.281. The van der Waals surface area contributed by atoms with E-state index in [-0.39, 0.29) is 5.31 Å². The Morgan fingerprint density at radius 3 is 2.52 bits per heavy atom. The minimum Gasteiger partial charge on any atom is -0.256 e. The SMILES string of the molecule is BC1(CC)c2ccnc(-c3ccccc3)c2C2(B)CC12C. The van der Waals surface area contributed by atoms with Crippen molar-refractivity contribution < 1.29 is 0 Å². The molecule has 3 atom stereocenters. The summed E-state index contributed by atoms with van der Waals surface area (Å²) in [5, 5.41) is 0.579. The van der Waals surface area contributed by atoms with E-state index in [1.54, 1.807) is 0 Å². The van der Waals surface area contributed by atoms with Crippen molar-refractivity contribution in [1.82, 2.24) is 4.98 Å².